The number of aryl methyl sites for hydroxylation is 1. The van der Waals surface area contributed by atoms with Crippen LogP contribution in [0.3, 0.4) is 0 Å². The molecule has 0 saturated heterocycles. The highest BCUT2D eigenvalue weighted by atomic mass is 79.9. The van der Waals surface area contributed by atoms with Gasteiger partial charge in [0.05, 0.1) is 18.3 Å². The van der Waals surface area contributed by atoms with Crippen molar-refractivity contribution < 1.29 is 9.21 Å². The molecule has 0 spiro atoms. The molecule has 0 aliphatic rings. The molecule has 0 radical (unpaired) electrons. The van der Waals surface area contributed by atoms with Crippen LogP contribution in [-0.2, 0) is 13.0 Å². The van der Waals surface area contributed by atoms with Gasteiger partial charge in [0.2, 0.25) is 5.89 Å². The molecule has 2 heterocycles. The quantitative estimate of drug-likeness (QED) is 0.874. The molecule has 0 fully saturated rings. The molecule has 0 aliphatic heterocycles. The van der Waals surface area contributed by atoms with Gasteiger partial charge in [-0.25, -0.2) is 9.97 Å². The highest BCUT2D eigenvalue weighted by molar-refractivity contribution is 9.10. The number of aromatic nitrogens is 2. The smallest absolute Gasteiger partial charge is 0.255 e. The number of nitrogens with zero attached hydrogens (tertiary/aromatic N) is 2. The highest BCUT2D eigenvalue weighted by Gasteiger charge is 2.13. The number of amides is 1. The maximum atomic E-state index is 12.1. The molecule has 0 saturated carbocycles. The minimum Gasteiger partial charge on any atom is -0.444 e. The Morgan fingerprint density at radius 1 is 1.40 bits per heavy atom. The van der Waals surface area contributed by atoms with E-state index in [1.54, 1.807) is 25.5 Å². The first-order valence-corrected chi connectivity index (χ1v) is 6.98. The van der Waals surface area contributed by atoms with Crippen LogP contribution in [0.1, 0.15) is 28.9 Å². The summed E-state index contributed by atoms with van der Waals surface area (Å²) in [5.41, 5.74) is 0.462. The van der Waals surface area contributed by atoms with Crippen LogP contribution in [0.15, 0.2) is 27.3 Å². The van der Waals surface area contributed by atoms with E-state index in [-0.39, 0.29) is 12.5 Å². The standard InChI is InChI=1S/C13H15BrN4O2/c1-3-9-6-16-11(20-9)7-18-13(19)10-4-8(14)5-17-12(10)15-2/h4-6H,3,7H2,1-2H3,(H,15,17)(H,18,19). The SMILES string of the molecule is CCc1cnc(CNC(=O)c2cc(Br)cnc2NC)o1. The van der Waals surface area contributed by atoms with Crippen molar-refractivity contribution in [3.63, 3.8) is 0 Å². The largest absolute Gasteiger partial charge is 0.444 e. The van der Waals surface area contributed by atoms with Crippen molar-refractivity contribution in [3.8, 4) is 0 Å². The normalized spacial score (nSPS) is 10.3. The zero-order valence-electron chi connectivity index (χ0n) is 11.2. The van der Waals surface area contributed by atoms with Crippen molar-refractivity contribution in [2.24, 2.45) is 0 Å². The molecular formula is C13H15BrN4O2. The van der Waals surface area contributed by atoms with Gasteiger partial charge in [-0.05, 0) is 22.0 Å². The number of carbonyl (C=O) groups is 1. The Balaban J connectivity index is 2.06. The second-order valence-corrected chi connectivity index (χ2v) is 4.97. The van der Waals surface area contributed by atoms with Crippen molar-refractivity contribution in [3.05, 3.63) is 40.1 Å². The molecule has 0 aromatic carbocycles. The molecule has 2 rings (SSSR count). The number of pyridine rings is 1. The number of halogens is 1. The number of anilines is 1. The number of hydrogen-bond acceptors (Lipinski definition) is 5. The summed E-state index contributed by atoms with van der Waals surface area (Å²) in [5, 5.41) is 5.64. The summed E-state index contributed by atoms with van der Waals surface area (Å²) in [6, 6.07) is 1.71. The van der Waals surface area contributed by atoms with Gasteiger partial charge in [-0.1, -0.05) is 6.92 Å². The Morgan fingerprint density at radius 3 is 2.85 bits per heavy atom. The van der Waals surface area contributed by atoms with Crippen molar-refractivity contribution in [1.29, 1.82) is 0 Å². The summed E-state index contributed by atoms with van der Waals surface area (Å²) in [4.78, 5) is 20.4. The van der Waals surface area contributed by atoms with Gasteiger partial charge in [0.1, 0.15) is 11.6 Å². The van der Waals surface area contributed by atoms with E-state index < -0.39 is 0 Å². The lowest BCUT2D eigenvalue weighted by Gasteiger charge is -2.08. The van der Waals surface area contributed by atoms with Gasteiger partial charge in [0.25, 0.3) is 5.91 Å². The molecule has 20 heavy (non-hydrogen) atoms. The van der Waals surface area contributed by atoms with Crippen molar-refractivity contribution >= 4 is 27.7 Å². The van der Waals surface area contributed by atoms with Gasteiger partial charge in [-0.3, -0.25) is 4.79 Å². The van der Waals surface area contributed by atoms with Gasteiger partial charge in [0.15, 0.2) is 0 Å². The first-order chi connectivity index (χ1) is 9.63. The molecular weight excluding hydrogens is 324 g/mol. The molecule has 7 heteroatoms. The molecule has 0 atom stereocenters. The van der Waals surface area contributed by atoms with Gasteiger partial charge in [-0.2, -0.15) is 0 Å². The van der Waals surface area contributed by atoms with Crippen LogP contribution >= 0.6 is 15.9 Å². The number of hydrogen-bond donors (Lipinski definition) is 2. The van der Waals surface area contributed by atoms with Crippen LogP contribution in [0, 0.1) is 0 Å². The Labute approximate surface area is 125 Å². The summed E-state index contributed by atoms with van der Waals surface area (Å²) in [6.45, 7) is 2.23. The number of nitrogens with one attached hydrogen (secondary N) is 2. The summed E-state index contributed by atoms with van der Waals surface area (Å²) < 4.78 is 6.17. The molecule has 6 nitrogen and oxygen atoms in total. The van der Waals surface area contributed by atoms with E-state index in [1.165, 1.54) is 0 Å². The monoisotopic (exact) mass is 338 g/mol. The fourth-order valence-corrected chi connectivity index (χ4v) is 1.99. The minimum atomic E-state index is -0.237. The summed E-state index contributed by atoms with van der Waals surface area (Å²) in [7, 11) is 1.72. The van der Waals surface area contributed by atoms with E-state index in [4.69, 9.17) is 4.42 Å². The maximum absolute atomic E-state index is 12.1. The molecule has 2 aromatic rings. The lowest BCUT2D eigenvalue weighted by atomic mass is 10.2. The van der Waals surface area contributed by atoms with E-state index in [1.807, 2.05) is 6.92 Å². The van der Waals surface area contributed by atoms with Crippen molar-refractivity contribution in [1.82, 2.24) is 15.3 Å². The predicted octanol–water partition coefficient (Wildman–Crippen LogP) is 2.37. The average Bonchev–Trinajstić information content (AvgIpc) is 2.92. The average molecular weight is 339 g/mol. The zero-order chi connectivity index (χ0) is 14.5. The molecule has 2 aromatic heterocycles. The van der Waals surface area contributed by atoms with Crippen molar-refractivity contribution in [2.75, 3.05) is 12.4 Å². The molecule has 0 bridgehead atoms. The topological polar surface area (TPSA) is 80.0 Å². The van der Waals surface area contributed by atoms with Crippen LogP contribution in [0.25, 0.3) is 0 Å². The van der Waals surface area contributed by atoms with Gasteiger partial charge in [-0.15, -0.1) is 0 Å². The Bertz CT molecular complexity index is 612. The Kier molecular flexibility index (Phi) is 4.73. The summed E-state index contributed by atoms with van der Waals surface area (Å²) in [5.74, 6) is 1.57. The third-order valence-corrected chi connectivity index (χ3v) is 3.12. The third-order valence-electron chi connectivity index (χ3n) is 2.69. The molecule has 2 N–H and O–H groups in total. The van der Waals surface area contributed by atoms with Crippen LogP contribution in [0.4, 0.5) is 5.82 Å². The lowest BCUT2D eigenvalue weighted by Crippen LogP contribution is -2.24. The van der Waals surface area contributed by atoms with Crippen molar-refractivity contribution in [2.45, 2.75) is 19.9 Å². The molecule has 0 aliphatic carbocycles. The second-order valence-electron chi connectivity index (χ2n) is 4.06. The maximum Gasteiger partial charge on any atom is 0.255 e. The predicted molar refractivity (Wildman–Crippen MR) is 78.5 cm³/mol. The fraction of sp³-hybridized carbons (Fsp3) is 0.308. The molecule has 106 valence electrons. The molecule has 0 unspecified atom stereocenters. The number of oxazole rings is 1. The van der Waals surface area contributed by atoms with E-state index >= 15 is 0 Å². The number of carbonyl (C=O) groups excluding carboxylic acids is 1. The third kappa shape index (κ3) is 3.36. The van der Waals surface area contributed by atoms with E-state index in [2.05, 4.69) is 36.5 Å². The van der Waals surface area contributed by atoms with Crippen LogP contribution in [0.2, 0.25) is 0 Å². The first kappa shape index (κ1) is 14.5. The molecule has 1 amide bonds. The fourth-order valence-electron chi connectivity index (χ4n) is 1.66. The van der Waals surface area contributed by atoms with Crippen LogP contribution in [-0.4, -0.2) is 22.9 Å². The zero-order valence-corrected chi connectivity index (χ0v) is 12.8. The van der Waals surface area contributed by atoms with E-state index in [9.17, 15) is 4.79 Å². The Hall–Kier alpha value is -1.89. The first-order valence-electron chi connectivity index (χ1n) is 6.19. The summed E-state index contributed by atoms with van der Waals surface area (Å²) >= 11 is 3.30. The highest BCUT2D eigenvalue weighted by Crippen LogP contribution is 2.17. The van der Waals surface area contributed by atoms with E-state index in [0.717, 1.165) is 16.7 Å². The van der Waals surface area contributed by atoms with Gasteiger partial charge >= 0.3 is 0 Å². The van der Waals surface area contributed by atoms with Crippen LogP contribution in [0.5, 0.6) is 0 Å². The van der Waals surface area contributed by atoms with Gasteiger partial charge in [0, 0.05) is 24.1 Å². The van der Waals surface area contributed by atoms with Crippen LogP contribution < -0.4 is 10.6 Å². The second kappa shape index (κ2) is 6.51. The summed E-state index contributed by atoms with van der Waals surface area (Å²) in [6.07, 6.45) is 4.08. The number of rotatable bonds is 5. The Morgan fingerprint density at radius 2 is 2.20 bits per heavy atom. The minimum absolute atomic E-state index is 0.237. The lowest BCUT2D eigenvalue weighted by molar-refractivity contribution is 0.0947. The van der Waals surface area contributed by atoms with E-state index in [0.29, 0.717) is 17.3 Å². The van der Waals surface area contributed by atoms with Gasteiger partial charge < -0.3 is 15.1 Å².